The van der Waals surface area contributed by atoms with Crippen LogP contribution in [0.15, 0.2) is 30.3 Å². The Morgan fingerprint density at radius 1 is 1.06 bits per heavy atom. The SMILES string of the molecule is CCCNC(Cc1ccccc1)CC(C)CCC. The maximum absolute atomic E-state index is 3.71. The minimum Gasteiger partial charge on any atom is -0.314 e. The van der Waals surface area contributed by atoms with Crippen LogP contribution in [0.25, 0.3) is 0 Å². The van der Waals surface area contributed by atoms with Crippen LogP contribution in [0.2, 0.25) is 0 Å². The molecule has 0 heterocycles. The summed E-state index contributed by atoms with van der Waals surface area (Å²) < 4.78 is 0. The van der Waals surface area contributed by atoms with Crippen LogP contribution < -0.4 is 5.32 Å². The van der Waals surface area contributed by atoms with E-state index >= 15 is 0 Å². The van der Waals surface area contributed by atoms with E-state index in [1.54, 1.807) is 0 Å². The van der Waals surface area contributed by atoms with Crippen LogP contribution in [-0.2, 0) is 6.42 Å². The smallest absolute Gasteiger partial charge is 0.0110 e. The predicted octanol–water partition coefficient (Wildman–Crippen LogP) is 4.42. The van der Waals surface area contributed by atoms with Crippen molar-refractivity contribution in [2.75, 3.05) is 6.54 Å². The maximum atomic E-state index is 3.71. The summed E-state index contributed by atoms with van der Waals surface area (Å²) in [5.41, 5.74) is 1.45. The van der Waals surface area contributed by atoms with Gasteiger partial charge in [-0.25, -0.2) is 0 Å². The molecule has 1 aromatic rings. The Labute approximate surface area is 113 Å². The predicted molar refractivity (Wildman–Crippen MR) is 80.9 cm³/mol. The Kier molecular flexibility index (Phi) is 7.75. The molecule has 0 radical (unpaired) electrons. The number of rotatable bonds is 9. The van der Waals surface area contributed by atoms with E-state index in [0.717, 1.165) is 18.9 Å². The van der Waals surface area contributed by atoms with Crippen molar-refractivity contribution in [1.29, 1.82) is 0 Å². The van der Waals surface area contributed by atoms with E-state index in [-0.39, 0.29) is 0 Å². The van der Waals surface area contributed by atoms with Crippen molar-refractivity contribution >= 4 is 0 Å². The molecule has 1 N–H and O–H groups in total. The molecule has 102 valence electrons. The zero-order valence-electron chi connectivity index (χ0n) is 12.3. The fourth-order valence-corrected chi connectivity index (χ4v) is 2.58. The van der Waals surface area contributed by atoms with E-state index < -0.39 is 0 Å². The van der Waals surface area contributed by atoms with Gasteiger partial charge >= 0.3 is 0 Å². The molecule has 1 nitrogen and oxygen atoms in total. The van der Waals surface area contributed by atoms with Crippen molar-refractivity contribution in [3.63, 3.8) is 0 Å². The minimum absolute atomic E-state index is 0.633. The Morgan fingerprint density at radius 2 is 1.78 bits per heavy atom. The van der Waals surface area contributed by atoms with E-state index in [1.165, 1.54) is 31.2 Å². The average Bonchev–Trinajstić information content (AvgIpc) is 2.37. The second-order valence-electron chi connectivity index (χ2n) is 5.47. The molecule has 1 aromatic carbocycles. The number of benzene rings is 1. The van der Waals surface area contributed by atoms with E-state index in [9.17, 15) is 0 Å². The molecular weight excluding hydrogens is 218 g/mol. The van der Waals surface area contributed by atoms with Crippen LogP contribution >= 0.6 is 0 Å². The molecule has 0 aliphatic heterocycles. The van der Waals surface area contributed by atoms with E-state index in [4.69, 9.17) is 0 Å². The first-order valence-corrected chi connectivity index (χ1v) is 7.53. The van der Waals surface area contributed by atoms with Gasteiger partial charge in [0.05, 0.1) is 0 Å². The minimum atomic E-state index is 0.633. The zero-order chi connectivity index (χ0) is 13.2. The average molecular weight is 247 g/mol. The lowest BCUT2D eigenvalue weighted by molar-refractivity contribution is 0.380. The molecule has 18 heavy (non-hydrogen) atoms. The summed E-state index contributed by atoms with van der Waals surface area (Å²) >= 11 is 0. The zero-order valence-corrected chi connectivity index (χ0v) is 12.3. The molecule has 0 bridgehead atoms. The van der Waals surface area contributed by atoms with Gasteiger partial charge in [0.2, 0.25) is 0 Å². The lowest BCUT2D eigenvalue weighted by atomic mass is 9.93. The second-order valence-corrected chi connectivity index (χ2v) is 5.47. The first-order chi connectivity index (χ1) is 8.76. The third-order valence-corrected chi connectivity index (χ3v) is 3.48. The van der Waals surface area contributed by atoms with Crippen molar-refractivity contribution in [2.24, 2.45) is 5.92 Å². The molecule has 1 heteroatoms. The molecule has 2 atom stereocenters. The molecule has 0 aromatic heterocycles. The fourth-order valence-electron chi connectivity index (χ4n) is 2.58. The first-order valence-electron chi connectivity index (χ1n) is 7.53. The third kappa shape index (κ3) is 6.20. The molecule has 0 spiro atoms. The van der Waals surface area contributed by atoms with Gasteiger partial charge in [-0.15, -0.1) is 0 Å². The largest absolute Gasteiger partial charge is 0.314 e. The van der Waals surface area contributed by atoms with Gasteiger partial charge in [0.15, 0.2) is 0 Å². The molecule has 0 saturated heterocycles. The van der Waals surface area contributed by atoms with Gasteiger partial charge < -0.3 is 5.32 Å². The number of hydrogen-bond donors (Lipinski definition) is 1. The molecule has 1 rings (SSSR count). The lowest BCUT2D eigenvalue weighted by Crippen LogP contribution is -2.33. The molecular formula is C17H29N. The Balaban J connectivity index is 2.49. The fraction of sp³-hybridized carbons (Fsp3) is 0.647. The standard InChI is InChI=1S/C17H29N/c1-4-9-15(3)13-17(18-12-5-2)14-16-10-7-6-8-11-16/h6-8,10-11,15,17-18H,4-5,9,12-14H2,1-3H3. The number of hydrogen-bond acceptors (Lipinski definition) is 1. The van der Waals surface area contributed by atoms with Crippen LogP contribution in [0.4, 0.5) is 0 Å². The summed E-state index contributed by atoms with van der Waals surface area (Å²) in [6.07, 6.45) is 6.32. The normalized spacial score (nSPS) is 14.4. The number of nitrogens with one attached hydrogen (secondary N) is 1. The quantitative estimate of drug-likeness (QED) is 0.681. The van der Waals surface area contributed by atoms with Crippen LogP contribution in [0, 0.1) is 5.92 Å². The summed E-state index contributed by atoms with van der Waals surface area (Å²) in [7, 11) is 0. The Bertz CT molecular complexity index is 294. The van der Waals surface area contributed by atoms with Gasteiger partial charge in [-0.3, -0.25) is 0 Å². The summed E-state index contributed by atoms with van der Waals surface area (Å²) in [5, 5.41) is 3.71. The van der Waals surface area contributed by atoms with Crippen LogP contribution in [0.5, 0.6) is 0 Å². The van der Waals surface area contributed by atoms with Crippen molar-refractivity contribution in [3.05, 3.63) is 35.9 Å². The van der Waals surface area contributed by atoms with E-state index in [2.05, 4.69) is 56.4 Å². The van der Waals surface area contributed by atoms with E-state index in [0.29, 0.717) is 6.04 Å². The van der Waals surface area contributed by atoms with E-state index in [1.807, 2.05) is 0 Å². The molecule has 2 unspecified atom stereocenters. The molecule has 0 amide bonds. The topological polar surface area (TPSA) is 12.0 Å². The van der Waals surface area contributed by atoms with Gasteiger partial charge in [-0.2, -0.15) is 0 Å². The summed E-state index contributed by atoms with van der Waals surface area (Å²) in [6, 6.07) is 11.5. The summed E-state index contributed by atoms with van der Waals surface area (Å²) in [4.78, 5) is 0. The second kappa shape index (κ2) is 9.16. The molecule has 0 fully saturated rings. The van der Waals surface area contributed by atoms with Crippen LogP contribution in [-0.4, -0.2) is 12.6 Å². The summed E-state index contributed by atoms with van der Waals surface area (Å²) in [6.45, 7) is 8.04. The van der Waals surface area contributed by atoms with Crippen LogP contribution in [0.1, 0.15) is 52.0 Å². The van der Waals surface area contributed by atoms with Gasteiger partial charge in [0, 0.05) is 6.04 Å². The summed E-state index contributed by atoms with van der Waals surface area (Å²) in [5.74, 6) is 0.827. The van der Waals surface area contributed by atoms with Gasteiger partial charge in [-0.1, -0.05) is 63.9 Å². The first kappa shape index (κ1) is 15.2. The molecule has 0 aliphatic rings. The monoisotopic (exact) mass is 247 g/mol. The maximum Gasteiger partial charge on any atom is 0.0110 e. The van der Waals surface area contributed by atoms with Crippen molar-refractivity contribution < 1.29 is 0 Å². The highest BCUT2D eigenvalue weighted by Gasteiger charge is 2.12. The van der Waals surface area contributed by atoms with Crippen molar-refractivity contribution in [1.82, 2.24) is 5.32 Å². The molecule has 0 saturated carbocycles. The highest BCUT2D eigenvalue weighted by Crippen LogP contribution is 2.15. The van der Waals surface area contributed by atoms with Gasteiger partial charge in [0.25, 0.3) is 0 Å². The highest BCUT2D eigenvalue weighted by molar-refractivity contribution is 5.15. The van der Waals surface area contributed by atoms with Crippen molar-refractivity contribution in [3.8, 4) is 0 Å². The lowest BCUT2D eigenvalue weighted by Gasteiger charge is -2.22. The highest BCUT2D eigenvalue weighted by atomic mass is 14.9. The molecule has 0 aliphatic carbocycles. The van der Waals surface area contributed by atoms with Gasteiger partial charge in [0.1, 0.15) is 0 Å². The van der Waals surface area contributed by atoms with Gasteiger partial charge in [-0.05, 0) is 37.3 Å². The third-order valence-electron chi connectivity index (χ3n) is 3.48. The van der Waals surface area contributed by atoms with Crippen molar-refractivity contribution in [2.45, 2.75) is 58.9 Å². The van der Waals surface area contributed by atoms with Crippen LogP contribution in [0.3, 0.4) is 0 Å². The Hall–Kier alpha value is -0.820. The Morgan fingerprint density at radius 3 is 2.39 bits per heavy atom.